The molecule has 1 aliphatic heterocycles. The van der Waals surface area contributed by atoms with E-state index in [1.54, 1.807) is 11.3 Å². The molecule has 2 fully saturated rings. The Bertz CT molecular complexity index is 417. The van der Waals surface area contributed by atoms with Crippen LogP contribution in [0.4, 0.5) is 0 Å². The van der Waals surface area contributed by atoms with Crippen LogP contribution in [0.15, 0.2) is 5.38 Å². The molecule has 0 aromatic carbocycles. The van der Waals surface area contributed by atoms with E-state index in [1.807, 2.05) is 0 Å². The average molecular weight is 295 g/mol. The number of ether oxygens (including phenoxy) is 1. The van der Waals surface area contributed by atoms with E-state index in [9.17, 15) is 0 Å². The topological polar surface area (TPSA) is 37.4 Å². The third-order valence-corrected chi connectivity index (χ3v) is 4.87. The van der Waals surface area contributed by atoms with Crippen molar-refractivity contribution in [3.63, 3.8) is 0 Å². The fourth-order valence-electron chi connectivity index (χ4n) is 2.78. The second kappa shape index (κ2) is 6.98. The maximum atomic E-state index is 5.76. The summed E-state index contributed by atoms with van der Waals surface area (Å²) >= 11 is 1.79. The van der Waals surface area contributed by atoms with Gasteiger partial charge >= 0.3 is 0 Å². The van der Waals surface area contributed by atoms with E-state index in [4.69, 9.17) is 9.72 Å². The second-order valence-corrected chi connectivity index (χ2v) is 6.79. The molecule has 1 atom stereocenters. The minimum Gasteiger partial charge on any atom is -0.377 e. The van der Waals surface area contributed by atoms with Crippen LogP contribution in [0, 0.1) is 0 Å². The van der Waals surface area contributed by atoms with E-state index in [0.717, 1.165) is 32.3 Å². The summed E-state index contributed by atoms with van der Waals surface area (Å²) in [6.45, 7) is 7.06. The quantitative estimate of drug-likeness (QED) is 0.838. The molecule has 1 aliphatic carbocycles. The maximum absolute atomic E-state index is 5.76. The van der Waals surface area contributed by atoms with Gasteiger partial charge in [-0.25, -0.2) is 4.98 Å². The van der Waals surface area contributed by atoms with E-state index in [-0.39, 0.29) is 0 Å². The summed E-state index contributed by atoms with van der Waals surface area (Å²) in [5.74, 6) is 0. The summed E-state index contributed by atoms with van der Waals surface area (Å²) in [6.07, 6.45) is 5.54. The Morgan fingerprint density at radius 3 is 3.15 bits per heavy atom. The molecular weight excluding hydrogens is 270 g/mol. The third-order valence-electron chi connectivity index (χ3n) is 3.97. The molecule has 4 nitrogen and oxygen atoms in total. The van der Waals surface area contributed by atoms with Gasteiger partial charge in [0.15, 0.2) is 0 Å². The lowest BCUT2D eigenvalue weighted by molar-refractivity contribution is 0.00335. The first-order chi connectivity index (χ1) is 9.83. The Balaban J connectivity index is 1.46. The summed E-state index contributed by atoms with van der Waals surface area (Å²) in [4.78, 5) is 7.23. The van der Waals surface area contributed by atoms with Gasteiger partial charge in [-0.3, -0.25) is 4.90 Å². The van der Waals surface area contributed by atoms with Crippen LogP contribution in [0.1, 0.15) is 43.3 Å². The summed E-state index contributed by atoms with van der Waals surface area (Å²) in [7, 11) is 0. The smallest absolute Gasteiger partial charge is 0.107 e. The van der Waals surface area contributed by atoms with Crippen LogP contribution >= 0.6 is 11.3 Å². The van der Waals surface area contributed by atoms with Crippen molar-refractivity contribution in [2.24, 2.45) is 0 Å². The highest BCUT2D eigenvalue weighted by molar-refractivity contribution is 7.09. The molecule has 1 unspecified atom stereocenters. The first-order valence-corrected chi connectivity index (χ1v) is 8.72. The molecule has 0 radical (unpaired) electrons. The Labute approximate surface area is 125 Å². The molecule has 1 saturated carbocycles. The average Bonchev–Trinajstić information content (AvgIpc) is 3.18. The molecule has 0 spiro atoms. The van der Waals surface area contributed by atoms with E-state index in [1.165, 1.54) is 42.9 Å². The monoisotopic (exact) mass is 295 g/mol. The van der Waals surface area contributed by atoms with Crippen LogP contribution in [0.3, 0.4) is 0 Å². The standard InChI is InChI=1S/C15H25N3OS/c1-2-19-14-4-3-7-18(10-14)9-13-11-20-15(17-13)8-16-12-5-6-12/h11-12,14,16H,2-10H2,1H3. The number of nitrogens with one attached hydrogen (secondary N) is 1. The lowest BCUT2D eigenvalue weighted by Crippen LogP contribution is -2.39. The SMILES string of the molecule is CCOC1CCCN(Cc2csc(CNC3CC3)n2)C1. The Morgan fingerprint density at radius 1 is 1.45 bits per heavy atom. The van der Waals surface area contributed by atoms with Crippen LogP contribution in [0.2, 0.25) is 0 Å². The molecule has 112 valence electrons. The molecule has 1 aromatic heterocycles. The fraction of sp³-hybridized carbons (Fsp3) is 0.800. The number of rotatable bonds is 7. The number of hydrogen-bond donors (Lipinski definition) is 1. The number of thiazole rings is 1. The molecule has 0 amide bonds. The van der Waals surface area contributed by atoms with Gasteiger partial charge in [0.25, 0.3) is 0 Å². The molecule has 1 aromatic rings. The van der Waals surface area contributed by atoms with Crippen LogP contribution < -0.4 is 5.32 Å². The first kappa shape index (κ1) is 14.4. The summed E-state index contributed by atoms with van der Waals surface area (Å²) in [5.41, 5.74) is 1.22. The predicted molar refractivity (Wildman–Crippen MR) is 81.9 cm³/mol. The van der Waals surface area contributed by atoms with Crippen molar-refractivity contribution in [3.8, 4) is 0 Å². The number of likely N-dealkylation sites (tertiary alicyclic amines) is 1. The lowest BCUT2D eigenvalue weighted by Gasteiger charge is -2.31. The predicted octanol–water partition coefficient (Wildman–Crippen LogP) is 2.40. The van der Waals surface area contributed by atoms with E-state index in [2.05, 4.69) is 22.5 Å². The molecule has 1 saturated heterocycles. The fourth-order valence-corrected chi connectivity index (χ4v) is 3.52. The molecule has 2 aliphatic rings. The molecule has 0 bridgehead atoms. The molecular formula is C15H25N3OS. The van der Waals surface area contributed by atoms with E-state index >= 15 is 0 Å². The molecule has 2 heterocycles. The lowest BCUT2D eigenvalue weighted by atomic mass is 10.1. The van der Waals surface area contributed by atoms with Gasteiger partial charge in [0.2, 0.25) is 0 Å². The first-order valence-electron chi connectivity index (χ1n) is 7.84. The largest absolute Gasteiger partial charge is 0.377 e. The van der Waals surface area contributed by atoms with Crippen molar-refractivity contribution in [1.82, 2.24) is 15.2 Å². The highest BCUT2D eigenvalue weighted by Gasteiger charge is 2.22. The van der Waals surface area contributed by atoms with Crippen LogP contribution in [-0.4, -0.2) is 41.7 Å². The van der Waals surface area contributed by atoms with Crippen molar-refractivity contribution in [1.29, 1.82) is 0 Å². The van der Waals surface area contributed by atoms with Gasteiger partial charge < -0.3 is 10.1 Å². The van der Waals surface area contributed by atoms with Crippen molar-refractivity contribution in [2.45, 2.75) is 57.8 Å². The zero-order valence-electron chi connectivity index (χ0n) is 12.3. The summed E-state index contributed by atoms with van der Waals surface area (Å²) < 4.78 is 5.76. The van der Waals surface area contributed by atoms with Gasteiger partial charge in [0.05, 0.1) is 11.8 Å². The van der Waals surface area contributed by atoms with Crippen LogP contribution in [0.25, 0.3) is 0 Å². The molecule has 20 heavy (non-hydrogen) atoms. The third kappa shape index (κ3) is 4.25. The number of nitrogens with zero attached hydrogens (tertiary/aromatic N) is 2. The number of hydrogen-bond acceptors (Lipinski definition) is 5. The van der Waals surface area contributed by atoms with E-state index in [0.29, 0.717) is 6.10 Å². The van der Waals surface area contributed by atoms with Crippen molar-refractivity contribution >= 4 is 11.3 Å². The molecule has 1 N–H and O–H groups in total. The Hall–Kier alpha value is -0.490. The minimum absolute atomic E-state index is 0.420. The second-order valence-electron chi connectivity index (χ2n) is 5.84. The van der Waals surface area contributed by atoms with Gasteiger partial charge in [-0.1, -0.05) is 0 Å². The van der Waals surface area contributed by atoms with Gasteiger partial charge in [-0.05, 0) is 39.2 Å². The van der Waals surface area contributed by atoms with E-state index < -0.39 is 0 Å². The number of aromatic nitrogens is 1. The number of piperidine rings is 1. The van der Waals surface area contributed by atoms with Gasteiger partial charge in [0.1, 0.15) is 5.01 Å². The zero-order valence-corrected chi connectivity index (χ0v) is 13.1. The zero-order chi connectivity index (χ0) is 13.8. The van der Waals surface area contributed by atoms with Gasteiger partial charge in [0, 0.05) is 37.7 Å². The summed E-state index contributed by atoms with van der Waals surface area (Å²) in [6, 6.07) is 0.761. The van der Waals surface area contributed by atoms with Crippen molar-refractivity contribution in [2.75, 3.05) is 19.7 Å². The molecule has 5 heteroatoms. The maximum Gasteiger partial charge on any atom is 0.107 e. The summed E-state index contributed by atoms with van der Waals surface area (Å²) in [5, 5.41) is 6.97. The minimum atomic E-state index is 0.420. The highest BCUT2D eigenvalue weighted by Crippen LogP contribution is 2.21. The Morgan fingerprint density at radius 2 is 2.35 bits per heavy atom. The highest BCUT2D eigenvalue weighted by atomic mass is 32.1. The normalized spacial score (nSPS) is 24.1. The van der Waals surface area contributed by atoms with Crippen molar-refractivity contribution in [3.05, 3.63) is 16.1 Å². The van der Waals surface area contributed by atoms with Crippen LogP contribution in [-0.2, 0) is 17.8 Å². The van der Waals surface area contributed by atoms with Gasteiger partial charge in [-0.2, -0.15) is 0 Å². The van der Waals surface area contributed by atoms with Gasteiger partial charge in [-0.15, -0.1) is 11.3 Å². The van der Waals surface area contributed by atoms with Crippen LogP contribution in [0.5, 0.6) is 0 Å². The molecule has 3 rings (SSSR count). The Kier molecular flexibility index (Phi) is 5.04. The van der Waals surface area contributed by atoms with Crippen molar-refractivity contribution < 1.29 is 4.74 Å².